The highest BCUT2D eigenvalue weighted by Gasteiger charge is 2.32. The summed E-state index contributed by atoms with van der Waals surface area (Å²) >= 11 is 0. The summed E-state index contributed by atoms with van der Waals surface area (Å²) in [4.78, 5) is 10.8. The van der Waals surface area contributed by atoms with E-state index in [1.807, 2.05) is 6.92 Å². The molecule has 0 saturated carbocycles. The van der Waals surface area contributed by atoms with E-state index in [-0.39, 0.29) is 11.6 Å². The van der Waals surface area contributed by atoms with Gasteiger partial charge in [-0.1, -0.05) is 0 Å². The first-order chi connectivity index (χ1) is 7.80. The summed E-state index contributed by atoms with van der Waals surface area (Å²) in [6.45, 7) is 1.81. The predicted octanol–water partition coefficient (Wildman–Crippen LogP) is 1.10. The van der Waals surface area contributed by atoms with Gasteiger partial charge in [0.1, 0.15) is 0 Å². The second kappa shape index (κ2) is 3.73. The Labute approximate surface area is 99.7 Å². The monoisotopic (exact) mass is 255 g/mol. The van der Waals surface area contributed by atoms with Gasteiger partial charge in [0.05, 0.1) is 17.5 Å². The summed E-state index contributed by atoms with van der Waals surface area (Å²) in [7, 11) is -3.31. The van der Waals surface area contributed by atoms with E-state index in [0.717, 1.165) is 11.8 Å². The minimum Gasteiger partial charge on any atom is -0.478 e. The number of hydrogen-bond acceptors (Lipinski definition) is 3. The minimum absolute atomic E-state index is 0.163. The minimum atomic E-state index is -3.31. The van der Waals surface area contributed by atoms with Crippen LogP contribution in [-0.4, -0.2) is 31.8 Å². The molecular weight excluding hydrogens is 242 g/mol. The molecule has 1 N–H and O–H groups in total. The topological polar surface area (TPSA) is 74.7 Å². The Balaban J connectivity index is 2.53. The van der Waals surface area contributed by atoms with Crippen molar-refractivity contribution in [2.75, 3.05) is 10.6 Å². The van der Waals surface area contributed by atoms with Gasteiger partial charge in [0.2, 0.25) is 10.0 Å². The first kappa shape index (κ1) is 11.9. The molecule has 0 bridgehead atoms. The Morgan fingerprint density at radius 3 is 2.65 bits per heavy atom. The highest BCUT2D eigenvalue weighted by molar-refractivity contribution is 7.92. The van der Waals surface area contributed by atoms with E-state index >= 15 is 0 Å². The normalized spacial score (nSPS) is 19.2. The number of benzene rings is 1. The number of carboxylic acid groups (broad SMARTS) is 1. The van der Waals surface area contributed by atoms with Gasteiger partial charge in [0, 0.05) is 6.04 Å². The van der Waals surface area contributed by atoms with E-state index in [9.17, 15) is 13.2 Å². The van der Waals surface area contributed by atoms with Crippen molar-refractivity contribution in [1.29, 1.82) is 0 Å². The van der Waals surface area contributed by atoms with Gasteiger partial charge in [-0.2, -0.15) is 0 Å². The van der Waals surface area contributed by atoms with Gasteiger partial charge >= 0.3 is 5.97 Å². The Morgan fingerprint density at radius 2 is 2.12 bits per heavy atom. The molecule has 5 nitrogen and oxygen atoms in total. The van der Waals surface area contributed by atoms with Gasteiger partial charge in [-0.05, 0) is 37.1 Å². The molecule has 92 valence electrons. The van der Waals surface area contributed by atoms with Crippen molar-refractivity contribution in [3.05, 3.63) is 29.3 Å². The third kappa shape index (κ3) is 2.00. The molecule has 0 aliphatic carbocycles. The zero-order valence-electron chi connectivity index (χ0n) is 9.54. The lowest BCUT2D eigenvalue weighted by Gasteiger charge is -2.21. The average Bonchev–Trinajstić information content (AvgIpc) is 2.51. The third-order valence-electron chi connectivity index (χ3n) is 2.84. The second-order valence-electron chi connectivity index (χ2n) is 4.26. The van der Waals surface area contributed by atoms with Crippen molar-refractivity contribution >= 4 is 21.7 Å². The van der Waals surface area contributed by atoms with Gasteiger partial charge in [-0.15, -0.1) is 0 Å². The lowest BCUT2D eigenvalue weighted by atomic mass is 10.1. The highest BCUT2D eigenvalue weighted by atomic mass is 32.2. The van der Waals surface area contributed by atoms with Gasteiger partial charge in [0.25, 0.3) is 0 Å². The number of nitrogens with zero attached hydrogens (tertiary/aromatic N) is 1. The number of carboxylic acids is 1. The van der Waals surface area contributed by atoms with Gasteiger partial charge in [-0.25, -0.2) is 13.2 Å². The van der Waals surface area contributed by atoms with E-state index in [2.05, 4.69) is 0 Å². The molecule has 1 aliphatic heterocycles. The summed E-state index contributed by atoms with van der Waals surface area (Å²) in [5.74, 6) is -1.00. The highest BCUT2D eigenvalue weighted by Crippen LogP contribution is 2.34. The number of fused-ring (bicyclic) bond motifs is 1. The molecule has 1 aromatic rings. The molecule has 0 saturated heterocycles. The quantitative estimate of drug-likeness (QED) is 0.858. The van der Waals surface area contributed by atoms with Crippen molar-refractivity contribution in [3.8, 4) is 0 Å². The Bertz CT molecular complexity index is 579. The Hall–Kier alpha value is -1.56. The van der Waals surface area contributed by atoms with Crippen molar-refractivity contribution in [1.82, 2.24) is 0 Å². The molecule has 1 unspecified atom stereocenters. The van der Waals surface area contributed by atoms with Crippen LogP contribution in [0.4, 0.5) is 5.69 Å². The predicted molar refractivity (Wildman–Crippen MR) is 63.9 cm³/mol. The first-order valence-corrected chi connectivity index (χ1v) is 7.01. The standard InChI is InChI=1S/C11H13NO4S/c1-7-5-9-6-8(11(13)14)3-4-10(9)12(7)17(2,15)16/h3-4,6-7H,5H2,1-2H3,(H,13,14). The van der Waals surface area contributed by atoms with Crippen LogP contribution >= 0.6 is 0 Å². The third-order valence-corrected chi connectivity index (χ3v) is 4.11. The molecule has 17 heavy (non-hydrogen) atoms. The number of rotatable bonds is 2. The number of aromatic carboxylic acids is 1. The zero-order chi connectivity index (χ0) is 12.8. The molecule has 1 aromatic carbocycles. The van der Waals surface area contributed by atoms with Gasteiger partial charge in [-0.3, -0.25) is 4.31 Å². The summed E-state index contributed by atoms with van der Waals surface area (Å²) in [5, 5.41) is 8.88. The maximum atomic E-state index is 11.6. The molecule has 1 atom stereocenters. The maximum absolute atomic E-state index is 11.6. The Morgan fingerprint density at radius 1 is 1.47 bits per heavy atom. The van der Waals surface area contributed by atoms with E-state index in [1.54, 1.807) is 12.1 Å². The largest absolute Gasteiger partial charge is 0.478 e. The molecule has 6 heteroatoms. The Kier molecular flexibility index (Phi) is 2.61. The van der Waals surface area contributed by atoms with Crippen LogP contribution in [0.15, 0.2) is 18.2 Å². The summed E-state index contributed by atoms with van der Waals surface area (Å²) in [5.41, 5.74) is 1.54. The lowest BCUT2D eigenvalue weighted by molar-refractivity contribution is 0.0697. The molecule has 1 heterocycles. The van der Waals surface area contributed by atoms with E-state index in [4.69, 9.17) is 5.11 Å². The fourth-order valence-corrected chi connectivity index (χ4v) is 3.50. The van der Waals surface area contributed by atoms with Crippen LogP contribution < -0.4 is 4.31 Å². The molecule has 0 spiro atoms. The maximum Gasteiger partial charge on any atom is 0.335 e. The van der Waals surface area contributed by atoms with E-state index in [0.29, 0.717) is 12.1 Å². The van der Waals surface area contributed by atoms with Crippen LogP contribution in [0.2, 0.25) is 0 Å². The van der Waals surface area contributed by atoms with Crippen LogP contribution in [0.1, 0.15) is 22.8 Å². The number of hydrogen-bond donors (Lipinski definition) is 1. The fourth-order valence-electron chi connectivity index (χ4n) is 2.24. The average molecular weight is 255 g/mol. The van der Waals surface area contributed by atoms with Crippen LogP contribution in [0.5, 0.6) is 0 Å². The van der Waals surface area contributed by atoms with Crippen LogP contribution in [-0.2, 0) is 16.4 Å². The molecule has 0 aromatic heterocycles. The van der Waals surface area contributed by atoms with E-state index in [1.165, 1.54) is 10.4 Å². The molecule has 0 fully saturated rings. The first-order valence-electron chi connectivity index (χ1n) is 5.16. The fraction of sp³-hybridized carbons (Fsp3) is 0.364. The van der Waals surface area contributed by atoms with E-state index < -0.39 is 16.0 Å². The number of sulfonamides is 1. The second-order valence-corrected chi connectivity index (χ2v) is 6.12. The molecule has 0 amide bonds. The summed E-state index contributed by atoms with van der Waals surface area (Å²) in [6, 6.07) is 4.36. The number of carbonyl (C=O) groups is 1. The van der Waals surface area contributed by atoms with Gasteiger partial charge in [0.15, 0.2) is 0 Å². The van der Waals surface area contributed by atoms with Crippen LogP contribution in [0, 0.1) is 0 Å². The molecule has 0 radical (unpaired) electrons. The van der Waals surface area contributed by atoms with Crippen LogP contribution in [0.3, 0.4) is 0 Å². The molecule has 2 rings (SSSR count). The smallest absolute Gasteiger partial charge is 0.335 e. The SMILES string of the molecule is CC1Cc2cc(C(=O)O)ccc2N1S(C)(=O)=O. The lowest BCUT2D eigenvalue weighted by Crippen LogP contribution is -2.34. The van der Waals surface area contributed by atoms with Crippen molar-refractivity contribution in [3.63, 3.8) is 0 Å². The van der Waals surface area contributed by atoms with Gasteiger partial charge < -0.3 is 5.11 Å². The van der Waals surface area contributed by atoms with Crippen molar-refractivity contribution in [2.45, 2.75) is 19.4 Å². The number of anilines is 1. The zero-order valence-corrected chi connectivity index (χ0v) is 10.4. The summed E-state index contributed by atoms with van der Waals surface area (Å²) < 4.78 is 24.6. The van der Waals surface area contributed by atoms with Crippen molar-refractivity contribution in [2.24, 2.45) is 0 Å². The van der Waals surface area contributed by atoms with Crippen LogP contribution in [0.25, 0.3) is 0 Å². The molecular formula is C11H13NO4S. The van der Waals surface area contributed by atoms with Crippen molar-refractivity contribution < 1.29 is 18.3 Å². The molecule has 1 aliphatic rings. The summed E-state index contributed by atoms with van der Waals surface area (Å²) in [6.07, 6.45) is 1.70.